The van der Waals surface area contributed by atoms with E-state index in [-0.39, 0.29) is 24.0 Å². The number of amides is 2. The van der Waals surface area contributed by atoms with Gasteiger partial charge in [-0.05, 0) is 68.5 Å². The summed E-state index contributed by atoms with van der Waals surface area (Å²) in [4.78, 5) is 22.6. The van der Waals surface area contributed by atoms with Crippen LogP contribution in [0.25, 0.3) is 0 Å². The van der Waals surface area contributed by atoms with Crippen molar-refractivity contribution in [3.05, 3.63) is 59.9 Å². The maximum absolute atomic E-state index is 14.2. The number of nitrogens with two attached hydrogens (primary N) is 1. The summed E-state index contributed by atoms with van der Waals surface area (Å²) in [6.45, 7) is 8.83. The molecule has 1 aliphatic carbocycles. The van der Waals surface area contributed by atoms with Crippen LogP contribution < -0.4 is 20.7 Å². The molecule has 2 aromatic rings. The van der Waals surface area contributed by atoms with Gasteiger partial charge in [0.25, 0.3) is 0 Å². The summed E-state index contributed by atoms with van der Waals surface area (Å²) >= 11 is 0. The van der Waals surface area contributed by atoms with Crippen molar-refractivity contribution in [3.63, 3.8) is 0 Å². The van der Waals surface area contributed by atoms with Crippen LogP contribution in [-0.2, 0) is 6.54 Å². The normalized spacial score (nSPS) is 21.4. The Balaban J connectivity index is 0.00000172. The highest BCUT2D eigenvalue weighted by Crippen LogP contribution is 2.39. The molecule has 5 rings (SSSR count). The highest BCUT2D eigenvalue weighted by Gasteiger charge is 2.53. The van der Waals surface area contributed by atoms with Crippen LogP contribution in [0.15, 0.2) is 53.5 Å². The molecule has 0 bridgehead atoms. The number of carbonyl (C=O) groups excluding carboxylic acids is 1. The van der Waals surface area contributed by atoms with E-state index >= 15 is 0 Å². The molecule has 39 heavy (non-hydrogen) atoms. The fourth-order valence-electron chi connectivity index (χ4n) is 5.90. The number of ether oxygens (including phenoxy) is 1. The van der Waals surface area contributed by atoms with E-state index in [1.165, 1.54) is 37.0 Å². The third-order valence-corrected chi connectivity index (χ3v) is 7.91. The van der Waals surface area contributed by atoms with E-state index in [9.17, 15) is 9.18 Å². The van der Waals surface area contributed by atoms with E-state index in [0.29, 0.717) is 12.2 Å². The molecule has 2 aliphatic heterocycles. The van der Waals surface area contributed by atoms with E-state index in [1.807, 2.05) is 39.0 Å². The zero-order chi connectivity index (χ0) is 27.8. The van der Waals surface area contributed by atoms with Gasteiger partial charge in [-0.3, -0.25) is 20.1 Å². The van der Waals surface area contributed by atoms with Gasteiger partial charge in [-0.1, -0.05) is 51.3 Å². The fourth-order valence-corrected chi connectivity index (χ4v) is 5.90. The van der Waals surface area contributed by atoms with Crippen molar-refractivity contribution in [2.24, 2.45) is 10.7 Å². The molecule has 1 unspecified atom stereocenters. The molecule has 2 amide bonds. The average molecular weight is 538 g/mol. The van der Waals surface area contributed by atoms with Crippen molar-refractivity contribution in [1.29, 1.82) is 0 Å². The Hall–Kier alpha value is -2.97. The summed E-state index contributed by atoms with van der Waals surface area (Å²) < 4.78 is 20.1. The molecule has 212 valence electrons. The molecular formula is C31H44FN5O2. The number of anilines is 1. The van der Waals surface area contributed by atoms with Crippen LogP contribution in [-0.4, -0.2) is 54.1 Å². The molecule has 2 aromatic carbocycles. The van der Waals surface area contributed by atoms with Gasteiger partial charge in [0.2, 0.25) is 0 Å². The van der Waals surface area contributed by atoms with Gasteiger partial charge in [0.15, 0.2) is 0 Å². The van der Waals surface area contributed by atoms with Crippen LogP contribution in [0.2, 0.25) is 0 Å². The lowest BCUT2D eigenvalue weighted by atomic mass is 9.84. The van der Waals surface area contributed by atoms with Gasteiger partial charge < -0.3 is 10.5 Å². The first-order chi connectivity index (χ1) is 19.0. The minimum atomic E-state index is -0.583. The molecule has 1 spiro atoms. The molecule has 2 heterocycles. The van der Waals surface area contributed by atoms with Gasteiger partial charge in [-0.15, -0.1) is 0 Å². The van der Waals surface area contributed by atoms with Crippen LogP contribution in [0, 0.1) is 5.82 Å². The van der Waals surface area contributed by atoms with Crippen molar-refractivity contribution >= 4 is 17.6 Å². The first-order valence-corrected chi connectivity index (χ1v) is 14.6. The molecule has 2 saturated heterocycles. The minimum absolute atomic E-state index is 0.0341. The average Bonchev–Trinajstić information content (AvgIpc) is 3.21. The number of carbonyl (C=O) groups is 1. The van der Waals surface area contributed by atoms with Crippen LogP contribution in [0.4, 0.5) is 14.9 Å². The maximum Gasteiger partial charge on any atom is 0.328 e. The number of urea groups is 1. The lowest BCUT2D eigenvalue weighted by Gasteiger charge is -2.44. The van der Waals surface area contributed by atoms with Crippen LogP contribution in [0.5, 0.6) is 5.75 Å². The molecule has 3 fully saturated rings. The Kier molecular flexibility index (Phi) is 9.97. The molecule has 1 atom stereocenters. The summed E-state index contributed by atoms with van der Waals surface area (Å²) in [5.41, 5.74) is 6.89. The number of halogens is 1. The number of amidine groups is 1. The number of rotatable bonds is 7. The second kappa shape index (κ2) is 13.4. The molecule has 7 nitrogen and oxygen atoms in total. The summed E-state index contributed by atoms with van der Waals surface area (Å²) in [5, 5.41) is 3.09. The number of nitrogens with zero attached hydrogens (tertiary/aromatic N) is 3. The summed E-state index contributed by atoms with van der Waals surface area (Å²) in [6, 6.07) is 14.5. The minimum Gasteiger partial charge on any atom is -0.489 e. The Bertz CT molecular complexity index is 1130. The SMILES string of the molecule is CC.CC(CN)Oc1cccc(CN2CCC3(CC2)C(=NC2CCCCC2)NC(=O)N3c2cccc(F)c2)c1. The topological polar surface area (TPSA) is 83.2 Å². The van der Waals surface area contributed by atoms with Crippen LogP contribution in [0.1, 0.15) is 71.3 Å². The van der Waals surface area contributed by atoms with Crippen molar-refractivity contribution in [2.45, 2.75) is 89.9 Å². The predicted molar refractivity (Wildman–Crippen MR) is 156 cm³/mol. The number of hydrogen-bond acceptors (Lipinski definition) is 5. The van der Waals surface area contributed by atoms with Crippen molar-refractivity contribution in [1.82, 2.24) is 10.2 Å². The number of benzene rings is 2. The molecular weight excluding hydrogens is 493 g/mol. The number of piperidine rings is 1. The molecule has 0 radical (unpaired) electrons. The quantitative estimate of drug-likeness (QED) is 0.463. The van der Waals surface area contributed by atoms with Crippen LogP contribution >= 0.6 is 0 Å². The van der Waals surface area contributed by atoms with E-state index in [2.05, 4.69) is 22.3 Å². The first-order valence-electron chi connectivity index (χ1n) is 14.6. The highest BCUT2D eigenvalue weighted by molar-refractivity contribution is 6.19. The number of aliphatic imine (C=N–C) groups is 1. The second-order valence-corrected chi connectivity index (χ2v) is 10.6. The molecule has 0 aromatic heterocycles. The van der Waals surface area contributed by atoms with Crippen molar-refractivity contribution in [2.75, 3.05) is 24.5 Å². The Morgan fingerprint density at radius 3 is 2.51 bits per heavy atom. The Morgan fingerprint density at radius 2 is 1.82 bits per heavy atom. The fraction of sp³-hybridized carbons (Fsp3) is 0.548. The zero-order valence-electron chi connectivity index (χ0n) is 23.7. The standard InChI is InChI=1S/C29H38FN5O2.C2H6/c1-21(19-31)37-26-12-5-7-22(17-26)20-34-15-13-29(14-16-34)27(32-24-9-3-2-4-10-24)33-28(36)35(29)25-11-6-8-23(30)18-25;1-2/h5-8,11-12,17-18,21,24H,2-4,9-10,13-16,19-20,31H2,1H3,(H,32,33,36);1-2H3. The van der Waals surface area contributed by atoms with E-state index in [0.717, 1.165) is 56.9 Å². The van der Waals surface area contributed by atoms with Gasteiger partial charge in [-0.25, -0.2) is 9.18 Å². The molecule has 8 heteroatoms. The number of hydrogen-bond donors (Lipinski definition) is 2. The predicted octanol–water partition coefficient (Wildman–Crippen LogP) is 5.87. The number of nitrogens with one attached hydrogen (secondary N) is 1. The highest BCUT2D eigenvalue weighted by atomic mass is 19.1. The van der Waals surface area contributed by atoms with Crippen molar-refractivity contribution in [3.8, 4) is 5.75 Å². The monoisotopic (exact) mass is 537 g/mol. The van der Waals surface area contributed by atoms with Gasteiger partial charge in [0.1, 0.15) is 29.0 Å². The maximum atomic E-state index is 14.2. The zero-order valence-corrected chi connectivity index (χ0v) is 23.7. The summed E-state index contributed by atoms with van der Waals surface area (Å²) in [7, 11) is 0. The summed E-state index contributed by atoms with van der Waals surface area (Å²) in [6.07, 6.45) is 7.15. The summed E-state index contributed by atoms with van der Waals surface area (Å²) in [5.74, 6) is 1.25. The molecule has 3 aliphatic rings. The third-order valence-electron chi connectivity index (χ3n) is 7.91. The van der Waals surface area contributed by atoms with Gasteiger partial charge in [0, 0.05) is 31.9 Å². The Labute approximate surface area is 232 Å². The second-order valence-electron chi connectivity index (χ2n) is 10.6. The van der Waals surface area contributed by atoms with Crippen LogP contribution in [0.3, 0.4) is 0 Å². The van der Waals surface area contributed by atoms with Gasteiger partial charge in [0.05, 0.1) is 6.04 Å². The smallest absolute Gasteiger partial charge is 0.328 e. The van der Waals surface area contributed by atoms with E-state index in [1.54, 1.807) is 11.0 Å². The van der Waals surface area contributed by atoms with Gasteiger partial charge >= 0.3 is 6.03 Å². The lowest BCUT2D eigenvalue weighted by Crippen LogP contribution is -2.57. The Morgan fingerprint density at radius 1 is 1.10 bits per heavy atom. The van der Waals surface area contributed by atoms with Crippen molar-refractivity contribution < 1.29 is 13.9 Å². The first kappa shape index (κ1) is 29.0. The largest absolute Gasteiger partial charge is 0.489 e. The van der Waals surface area contributed by atoms with E-state index in [4.69, 9.17) is 15.5 Å². The molecule has 3 N–H and O–H groups in total. The lowest BCUT2D eigenvalue weighted by molar-refractivity contribution is 0.183. The van der Waals surface area contributed by atoms with E-state index < -0.39 is 5.54 Å². The third kappa shape index (κ3) is 6.79. The van der Waals surface area contributed by atoms with Gasteiger partial charge in [-0.2, -0.15) is 0 Å². The number of likely N-dealkylation sites (tertiary alicyclic amines) is 1. The molecule has 1 saturated carbocycles.